The molecule has 4 nitrogen and oxygen atoms in total. The van der Waals surface area contributed by atoms with Gasteiger partial charge in [-0.15, -0.1) is 0 Å². The van der Waals surface area contributed by atoms with E-state index in [1.165, 1.54) is 29.7 Å². The van der Waals surface area contributed by atoms with Gasteiger partial charge in [0.05, 0.1) is 0 Å². The maximum Gasteiger partial charge on any atom is 0.180 e. The summed E-state index contributed by atoms with van der Waals surface area (Å²) in [5.74, 6) is 1.75. The van der Waals surface area contributed by atoms with Gasteiger partial charge in [-0.25, -0.2) is 9.97 Å². The second-order valence-electron chi connectivity index (χ2n) is 5.74. The molecule has 3 rings (SSSR count). The highest BCUT2D eigenvalue weighted by atomic mass is 15.0. The van der Waals surface area contributed by atoms with E-state index in [4.69, 9.17) is 9.97 Å². The second-order valence-corrected chi connectivity index (χ2v) is 5.74. The Morgan fingerprint density at radius 1 is 1.14 bits per heavy atom. The van der Waals surface area contributed by atoms with Crippen LogP contribution in [0.2, 0.25) is 0 Å². The molecule has 1 aliphatic rings. The van der Waals surface area contributed by atoms with Gasteiger partial charge in [-0.05, 0) is 57.6 Å². The number of nitrogens with one attached hydrogen (secondary N) is 1. The van der Waals surface area contributed by atoms with E-state index in [0.29, 0.717) is 0 Å². The van der Waals surface area contributed by atoms with Gasteiger partial charge in [-0.1, -0.05) is 6.07 Å². The van der Waals surface area contributed by atoms with Crippen molar-refractivity contribution in [1.29, 1.82) is 0 Å². The molecule has 2 aromatic heterocycles. The van der Waals surface area contributed by atoms with Gasteiger partial charge in [0.1, 0.15) is 11.5 Å². The van der Waals surface area contributed by atoms with Crippen LogP contribution in [0.5, 0.6) is 0 Å². The number of aryl methyl sites for hydroxylation is 3. The van der Waals surface area contributed by atoms with Crippen LogP contribution in [0.1, 0.15) is 42.1 Å². The quantitative estimate of drug-likeness (QED) is 0.936. The van der Waals surface area contributed by atoms with E-state index in [2.05, 4.69) is 37.1 Å². The lowest BCUT2D eigenvalue weighted by molar-refractivity contribution is 0.664. The fourth-order valence-electron chi connectivity index (χ4n) is 2.96. The summed E-state index contributed by atoms with van der Waals surface area (Å²) in [6.07, 6.45) is 6.47. The average molecular weight is 282 g/mol. The highest BCUT2D eigenvalue weighted by Gasteiger charge is 2.19. The van der Waals surface area contributed by atoms with Crippen LogP contribution in [0.15, 0.2) is 12.3 Å². The SMILES string of the molecule is CCNc1nc(-c2ncc(C)cc2C)nc2c1CCCC2. The predicted molar refractivity (Wildman–Crippen MR) is 85.5 cm³/mol. The summed E-state index contributed by atoms with van der Waals surface area (Å²) in [7, 11) is 0. The molecule has 0 amide bonds. The smallest absolute Gasteiger partial charge is 0.180 e. The van der Waals surface area contributed by atoms with Crippen molar-refractivity contribution in [3.05, 3.63) is 34.6 Å². The molecule has 0 aromatic carbocycles. The van der Waals surface area contributed by atoms with Crippen molar-refractivity contribution in [2.75, 3.05) is 11.9 Å². The second kappa shape index (κ2) is 5.80. The largest absolute Gasteiger partial charge is 0.370 e. The van der Waals surface area contributed by atoms with Gasteiger partial charge in [0.25, 0.3) is 0 Å². The van der Waals surface area contributed by atoms with Crippen LogP contribution in [0.3, 0.4) is 0 Å². The maximum absolute atomic E-state index is 4.80. The number of fused-ring (bicyclic) bond motifs is 1. The van der Waals surface area contributed by atoms with E-state index < -0.39 is 0 Å². The molecule has 2 heterocycles. The summed E-state index contributed by atoms with van der Waals surface area (Å²) in [5, 5.41) is 3.40. The molecule has 21 heavy (non-hydrogen) atoms. The van der Waals surface area contributed by atoms with E-state index in [-0.39, 0.29) is 0 Å². The molecule has 2 aromatic rings. The molecule has 1 N–H and O–H groups in total. The number of hydrogen-bond acceptors (Lipinski definition) is 4. The van der Waals surface area contributed by atoms with E-state index >= 15 is 0 Å². The summed E-state index contributed by atoms with van der Waals surface area (Å²) in [4.78, 5) is 14.1. The zero-order chi connectivity index (χ0) is 14.8. The van der Waals surface area contributed by atoms with Gasteiger partial charge in [0.2, 0.25) is 0 Å². The Morgan fingerprint density at radius 2 is 1.95 bits per heavy atom. The predicted octanol–water partition coefficient (Wildman–Crippen LogP) is 3.47. The minimum Gasteiger partial charge on any atom is -0.370 e. The molecule has 0 unspecified atom stereocenters. The van der Waals surface area contributed by atoms with Crippen LogP contribution in [-0.2, 0) is 12.8 Å². The zero-order valence-electron chi connectivity index (χ0n) is 13.0. The Kier molecular flexibility index (Phi) is 3.86. The standard InChI is InChI=1S/C17H22N4/c1-4-18-16-13-7-5-6-8-14(13)20-17(21-16)15-12(3)9-11(2)10-19-15/h9-10H,4-8H2,1-3H3,(H,18,20,21). The van der Waals surface area contributed by atoms with Crippen LogP contribution < -0.4 is 5.32 Å². The van der Waals surface area contributed by atoms with Crippen molar-refractivity contribution >= 4 is 5.82 Å². The minimum absolute atomic E-state index is 0.754. The average Bonchev–Trinajstić information content (AvgIpc) is 2.47. The highest BCUT2D eigenvalue weighted by molar-refractivity contribution is 5.60. The van der Waals surface area contributed by atoms with E-state index in [1.54, 1.807) is 0 Å². The van der Waals surface area contributed by atoms with Crippen molar-refractivity contribution in [1.82, 2.24) is 15.0 Å². The molecule has 0 fully saturated rings. The van der Waals surface area contributed by atoms with Crippen molar-refractivity contribution in [3.63, 3.8) is 0 Å². The minimum atomic E-state index is 0.754. The Bertz CT molecular complexity index is 664. The molecule has 4 heteroatoms. The van der Waals surface area contributed by atoms with Crippen molar-refractivity contribution in [3.8, 4) is 11.5 Å². The molecule has 0 bridgehead atoms. The molecule has 0 aliphatic heterocycles. The van der Waals surface area contributed by atoms with Crippen LogP contribution in [-0.4, -0.2) is 21.5 Å². The monoisotopic (exact) mass is 282 g/mol. The number of nitrogens with zero attached hydrogens (tertiary/aromatic N) is 3. The van der Waals surface area contributed by atoms with Crippen molar-refractivity contribution < 1.29 is 0 Å². The molecule has 0 spiro atoms. The Labute approximate surface area is 126 Å². The first kappa shape index (κ1) is 14.0. The van der Waals surface area contributed by atoms with Gasteiger partial charge in [0.15, 0.2) is 5.82 Å². The first-order valence-electron chi connectivity index (χ1n) is 7.76. The molecule has 110 valence electrons. The normalized spacial score (nSPS) is 13.9. The van der Waals surface area contributed by atoms with Gasteiger partial charge >= 0.3 is 0 Å². The first-order chi connectivity index (χ1) is 10.2. The molecule has 0 saturated carbocycles. The Morgan fingerprint density at radius 3 is 2.71 bits per heavy atom. The first-order valence-corrected chi connectivity index (χ1v) is 7.76. The third-order valence-electron chi connectivity index (χ3n) is 3.95. The van der Waals surface area contributed by atoms with E-state index in [9.17, 15) is 0 Å². The third-order valence-corrected chi connectivity index (χ3v) is 3.95. The zero-order valence-corrected chi connectivity index (χ0v) is 13.0. The summed E-state index contributed by atoms with van der Waals surface area (Å²) in [5.41, 5.74) is 5.70. The summed E-state index contributed by atoms with van der Waals surface area (Å²) in [6.45, 7) is 7.11. The van der Waals surface area contributed by atoms with Crippen molar-refractivity contribution in [2.24, 2.45) is 0 Å². The van der Waals surface area contributed by atoms with Crippen LogP contribution in [0.25, 0.3) is 11.5 Å². The number of rotatable bonds is 3. The Balaban J connectivity index is 2.12. The fourth-order valence-corrected chi connectivity index (χ4v) is 2.96. The lowest BCUT2D eigenvalue weighted by atomic mass is 9.96. The van der Waals surface area contributed by atoms with E-state index in [0.717, 1.165) is 42.3 Å². The van der Waals surface area contributed by atoms with Gasteiger partial charge in [0, 0.05) is 24.0 Å². The number of anilines is 1. The van der Waals surface area contributed by atoms with Crippen LogP contribution in [0.4, 0.5) is 5.82 Å². The molecule has 0 atom stereocenters. The number of pyridine rings is 1. The van der Waals surface area contributed by atoms with Crippen LogP contribution >= 0.6 is 0 Å². The maximum atomic E-state index is 4.80. The Hall–Kier alpha value is -1.97. The fraction of sp³-hybridized carbons (Fsp3) is 0.471. The lowest BCUT2D eigenvalue weighted by Crippen LogP contribution is -2.14. The molecular weight excluding hydrogens is 260 g/mol. The molecule has 0 radical (unpaired) electrons. The lowest BCUT2D eigenvalue weighted by Gasteiger charge is -2.19. The van der Waals surface area contributed by atoms with Gasteiger partial charge < -0.3 is 5.32 Å². The summed E-state index contributed by atoms with van der Waals surface area (Å²) in [6, 6.07) is 2.14. The van der Waals surface area contributed by atoms with Gasteiger partial charge in [-0.3, -0.25) is 4.98 Å². The summed E-state index contributed by atoms with van der Waals surface area (Å²) < 4.78 is 0. The van der Waals surface area contributed by atoms with E-state index in [1.807, 2.05) is 6.20 Å². The van der Waals surface area contributed by atoms with Crippen LogP contribution in [0, 0.1) is 13.8 Å². The summed E-state index contributed by atoms with van der Waals surface area (Å²) >= 11 is 0. The highest BCUT2D eigenvalue weighted by Crippen LogP contribution is 2.28. The number of hydrogen-bond donors (Lipinski definition) is 1. The van der Waals surface area contributed by atoms with Crippen molar-refractivity contribution in [2.45, 2.75) is 46.5 Å². The third kappa shape index (κ3) is 2.75. The topological polar surface area (TPSA) is 50.7 Å². The molecule has 1 aliphatic carbocycles. The number of aromatic nitrogens is 3. The molecular formula is C17H22N4. The molecule has 0 saturated heterocycles. The van der Waals surface area contributed by atoms with Gasteiger partial charge in [-0.2, -0.15) is 0 Å².